The van der Waals surface area contributed by atoms with Crippen LogP contribution in [0.25, 0.3) is 0 Å². The summed E-state index contributed by atoms with van der Waals surface area (Å²) in [6.07, 6.45) is 0. The van der Waals surface area contributed by atoms with E-state index in [4.69, 9.17) is 25.8 Å². The van der Waals surface area contributed by atoms with Gasteiger partial charge in [0.25, 0.3) is 0 Å². The van der Waals surface area contributed by atoms with E-state index >= 15 is 0 Å². The van der Waals surface area contributed by atoms with Crippen molar-refractivity contribution in [1.82, 2.24) is 0 Å². The first kappa shape index (κ1) is 15.2. The molecule has 0 spiro atoms. The van der Waals surface area contributed by atoms with Gasteiger partial charge in [-0.2, -0.15) is 0 Å². The average Bonchev–Trinajstić information content (AvgIpc) is 2.55. The molecule has 2 rings (SSSR count). The smallest absolute Gasteiger partial charge is 0.334 e. The maximum Gasteiger partial charge on any atom is 0.334 e. The SMILES string of the molecule is COc1cccc(OC)c1OC(=O)[C@@H](Cl)c1ccccc1. The lowest BCUT2D eigenvalue weighted by molar-refractivity contribution is -0.134. The van der Waals surface area contributed by atoms with Gasteiger partial charge in [0, 0.05) is 0 Å². The van der Waals surface area contributed by atoms with Crippen LogP contribution in [0, 0.1) is 0 Å². The van der Waals surface area contributed by atoms with E-state index in [0.717, 1.165) is 0 Å². The number of alkyl halides is 1. The number of para-hydroxylation sites is 1. The van der Waals surface area contributed by atoms with Gasteiger partial charge >= 0.3 is 5.97 Å². The quantitative estimate of drug-likeness (QED) is 0.481. The molecule has 0 aliphatic rings. The molecule has 5 heteroatoms. The minimum absolute atomic E-state index is 0.217. The zero-order chi connectivity index (χ0) is 15.2. The number of ether oxygens (including phenoxy) is 3. The summed E-state index contributed by atoms with van der Waals surface area (Å²) >= 11 is 6.14. The summed E-state index contributed by atoms with van der Waals surface area (Å²) in [7, 11) is 2.98. The molecular formula is C16H15ClO4. The molecule has 110 valence electrons. The van der Waals surface area contributed by atoms with Crippen molar-refractivity contribution in [2.24, 2.45) is 0 Å². The highest BCUT2D eigenvalue weighted by atomic mass is 35.5. The Kier molecular flexibility index (Phi) is 5.06. The van der Waals surface area contributed by atoms with E-state index in [9.17, 15) is 4.79 Å². The first-order valence-electron chi connectivity index (χ1n) is 6.29. The maximum atomic E-state index is 12.2. The Morgan fingerprint density at radius 1 is 0.952 bits per heavy atom. The molecule has 4 nitrogen and oxygen atoms in total. The van der Waals surface area contributed by atoms with E-state index in [1.807, 2.05) is 18.2 Å². The van der Waals surface area contributed by atoms with Gasteiger partial charge in [0.15, 0.2) is 16.9 Å². The molecule has 0 saturated heterocycles. The van der Waals surface area contributed by atoms with Crippen molar-refractivity contribution in [1.29, 1.82) is 0 Å². The number of hydrogen-bond donors (Lipinski definition) is 0. The summed E-state index contributed by atoms with van der Waals surface area (Å²) in [5, 5.41) is -0.902. The van der Waals surface area contributed by atoms with Gasteiger partial charge < -0.3 is 14.2 Å². The summed E-state index contributed by atoms with van der Waals surface area (Å²) in [4.78, 5) is 12.2. The van der Waals surface area contributed by atoms with Crippen LogP contribution < -0.4 is 14.2 Å². The van der Waals surface area contributed by atoms with E-state index < -0.39 is 11.3 Å². The van der Waals surface area contributed by atoms with Gasteiger partial charge in [0.2, 0.25) is 5.75 Å². The predicted molar refractivity (Wildman–Crippen MR) is 80.2 cm³/mol. The van der Waals surface area contributed by atoms with Crippen molar-refractivity contribution in [2.45, 2.75) is 5.38 Å². The number of carbonyl (C=O) groups is 1. The summed E-state index contributed by atoms with van der Waals surface area (Å²) in [6.45, 7) is 0. The van der Waals surface area contributed by atoms with Crippen molar-refractivity contribution < 1.29 is 19.0 Å². The van der Waals surface area contributed by atoms with Crippen LogP contribution in [0.4, 0.5) is 0 Å². The second-order valence-electron chi connectivity index (χ2n) is 4.19. The molecule has 0 saturated carbocycles. The summed E-state index contributed by atoms with van der Waals surface area (Å²) < 4.78 is 15.7. The van der Waals surface area contributed by atoms with E-state index in [-0.39, 0.29) is 5.75 Å². The summed E-state index contributed by atoms with van der Waals surface area (Å²) in [6, 6.07) is 14.1. The predicted octanol–water partition coefficient (Wildman–Crippen LogP) is 3.59. The monoisotopic (exact) mass is 306 g/mol. The third-order valence-corrected chi connectivity index (χ3v) is 3.31. The van der Waals surface area contributed by atoms with Crippen molar-refractivity contribution in [3.8, 4) is 17.2 Å². The first-order valence-corrected chi connectivity index (χ1v) is 6.72. The topological polar surface area (TPSA) is 44.8 Å². The van der Waals surface area contributed by atoms with E-state index in [2.05, 4.69) is 0 Å². The summed E-state index contributed by atoms with van der Waals surface area (Å²) in [5.41, 5.74) is 0.665. The lowest BCUT2D eigenvalue weighted by Gasteiger charge is -2.14. The van der Waals surface area contributed by atoms with Gasteiger partial charge in [-0.25, -0.2) is 4.79 Å². The Balaban J connectivity index is 2.24. The Labute approximate surface area is 128 Å². The van der Waals surface area contributed by atoms with Crippen LogP contribution >= 0.6 is 11.6 Å². The largest absolute Gasteiger partial charge is 0.493 e. The Morgan fingerprint density at radius 2 is 1.52 bits per heavy atom. The highest BCUT2D eigenvalue weighted by molar-refractivity contribution is 6.30. The molecule has 0 aliphatic carbocycles. The highest BCUT2D eigenvalue weighted by Gasteiger charge is 2.23. The fraction of sp³-hybridized carbons (Fsp3) is 0.188. The third kappa shape index (κ3) is 3.47. The molecule has 2 aromatic carbocycles. The van der Waals surface area contributed by atoms with Crippen LogP contribution in [0.1, 0.15) is 10.9 Å². The van der Waals surface area contributed by atoms with Gasteiger partial charge in [-0.05, 0) is 17.7 Å². The minimum Gasteiger partial charge on any atom is -0.493 e. The van der Waals surface area contributed by atoms with E-state index in [1.54, 1.807) is 30.3 Å². The van der Waals surface area contributed by atoms with Gasteiger partial charge in [-0.3, -0.25) is 0 Å². The van der Waals surface area contributed by atoms with Gasteiger partial charge in [-0.1, -0.05) is 36.4 Å². The van der Waals surface area contributed by atoms with Crippen LogP contribution in [-0.2, 0) is 4.79 Å². The van der Waals surface area contributed by atoms with Crippen LogP contribution in [0.5, 0.6) is 17.2 Å². The lowest BCUT2D eigenvalue weighted by atomic mass is 10.1. The van der Waals surface area contributed by atoms with Crippen LogP contribution in [0.2, 0.25) is 0 Å². The maximum absolute atomic E-state index is 12.2. The molecule has 0 unspecified atom stereocenters. The Hall–Kier alpha value is -2.20. The molecule has 0 bridgehead atoms. The molecule has 0 radical (unpaired) electrons. The Bertz CT molecular complexity index is 591. The number of hydrogen-bond acceptors (Lipinski definition) is 4. The highest BCUT2D eigenvalue weighted by Crippen LogP contribution is 2.38. The number of methoxy groups -OCH3 is 2. The lowest BCUT2D eigenvalue weighted by Crippen LogP contribution is -2.15. The molecular weight excluding hydrogens is 292 g/mol. The molecule has 0 heterocycles. The van der Waals surface area contributed by atoms with Gasteiger partial charge in [-0.15, -0.1) is 11.6 Å². The van der Waals surface area contributed by atoms with Gasteiger partial charge in [0.05, 0.1) is 14.2 Å². The first-order chi connectivity index (χ1) is 10.2. The fourth-order valence-electron chi connectivity index (χ4n) is 1.83. The van der Waals surface area contributed by atoms with Crippen molar-refractivity contribution in [2.75, 3.05) is 14.2 Å². The number of carbonyl (C=O) groups excluding carboxylic acids is 1. The van der Waals surface area contributed by atoms with Crippen molar-refractivity contribution in [3.63, 3.8) is 0 Å². The fourth-order valence-corrected chi connectivity index (χ4v) is 2.02. The summed E-state index contributed by atoms with van der Waals surface area (Å²) in [5.74, 6) is 0.430. The molecule has 0 amide bonds. The zero-order valence-corrected chi connectivity index (χ0v) is 12.5. The molecule has 0 fully saturated rings. The average molecular weight is 307 g/mol. The van der Waals surface area contributed by atoms with Crippen LogP contribution in [-0.4, -0.2) is 20.2 Å². The number of halogens is 1. The zero-order valence-electron chi connectivity index (χ0n) is 11.7. The number of benzene rings is 2. The molecule has 0 N–H and O–H groups in total. The van der Waals surface area contributed by atoms with Crippen molar-refractivity contribution in [3.05, 3.63) is 54.1 Å². The van der Waals surface area contributed by atoms with Crippen LogP contribution in [0.3, 0.4) is 0 Å². The minimum atomic E-state index is -0.902. The van der Waals surface area contributed by atoms with E-state index in [1.165, 1.54) is 14.2 Å². The molecule has 2 aromatic rings. The molecule has 0 aromatic heterocycles. The number of esters is 1. The molecule has 0 aliphatic heterocycles. The molecule has 1 atom stereocenters. The van der Waals surface area contributed by atoms with Crippen LogP contribution in [0.15, 0.2) is 48.5 Å². The number of rotatable bonds is 5. The standard InChI is InChI=1S/C16H15ClO4/c1-19-12-9-6-10-13(20-2)15(12)21-16(18)14(17)11-7-4-3-5-8-11/h3-10,14H,1-2H3/t14-/m0/s1. The molecule has 21 heavy (non-hydrogen) atoms. The normalized spacial score (nSPS) is 11.6. The van der Waals surface area contributed by atoms with Crippen molar-refractivity contribution >= 4 is 17.6 Å². The van der Waals surface area contributed by atoms with E-state index in [0.29, 0.717) is 17.1 Å². The van der Waals surface area contributed by atoms with Gasteiger partial charge in [0.1, 0.15) is 0 Å². The Morgan fingerprint density at radius 3 is 2.05 bits per heavy atom. The second kappa shape index (κ2) is 6.99. The third-order valence-electron chi connectivity index (χ3n) is 2.88. The second-order valence-corrected chi connectivity index (χ2v) is 4.62.